The Labute approximate surface area is 166 Å². The summed E-state index contributed by atoms with van der Waals surface area (Å²) in [4.78, 5) is 6.36. The molecule has 1 aromatic heterocycles. The van der Waals surface area contributed by atoms with Gasteiger partial charge in [-0.1, -0.05) is 12.1 Å². The molecule has 154 valence electrons. The Morgan fingerprint density at radius 2 is 2.07 bits per heavy atom. The quantitative estimate of drug-likeness (QED) is 0.677. The number of rotatable bonds is 9. The zero-order valence-corrected chi connectivity index (χ0v) is 17.2. The molecule has 1 aliphatic rings. The first kappa shape index (κ1) is 20.6. The van der Waals surface area contributed by atoms with Crippen molar-refractivity contribution >= 4 is 10.0 Å². The standard InChI is InChI=1S/C19H28N4O4S/c1-26-18-5-3-4-16(19(18)27-13-12-23-11-8-20-15-23)14-22-9-6-17(7-10-22)21-28(2,24)25/h3-5,8,11,15,17,21H,6-7,9-10,12-14H2,1-2H3. The van der Waals surface area contributed by atoms with Gasteiger partial charge in [0, 0.05) is 43.6 Å². The molecule has 0 bridgehead atoms. The number of nitrogens with zero attached hydrogens (tertiary/aromatic N) is 3. The van der Waals surface area contributed by atoms with Crippen LogP contribution in [0.15, 0.2) is 36.9 Å². The van der Waals surface area contributed by atoms with Crippen molar-refractivity contribution in [3.05, 3.63) is 42.5 Å². The maximum Gasteiger partial charge on any atom is 0.208 e. The number of methoxy groups -OCH3 is 1. The van der Waals surface area contributed by atoms with Crippen molar-refractivity contribution in [1.82, 2.24) is 19.2 Å². The van der Waals surface area contributed by atoms with Crippen LogP contribution in [0.2, 0.25) is 0 Å². The van der Waals surface area contributed by atoms with Crippen molar-refractivity contribution in [3.8, 4) is 11.5 Å². The Kier molecular flexibility index (Phi) is 6.93. The Morgan fingerprint density at radius 3 is 2.71 bits per heavy atom. The highest BCUT2D eigenvalue weighted by Crippen LogP contribution is 2.32. The number of ether oxygens (including phenoxy) is 2. The van der Waals surface area contributed by atoms with Gasteiger partial charge < -0.3 is 14.0 Å². The molecule has 1 aromatic carbocycles. The molecule has 1 saturated heterocycles. The number of hydrogen-bond acceptors (Lipinski definition) is 6. The molecule has 0 unspecified atom stereocenters. The predicted molar refractivity (Wildman–Crippen MR) is 107 cm³/mol. The Hall–Kier alpha value is -2.10. The van der Waals surface area contributed by atoms with E-state index in [0.717, 1.165) is 49.5 Å². The lowest BCUT2D eigenvalue weighted by Gasteiger charge is -2.32. The first-order valence-electron chi connectivity index (χ1n) is 9.38. The molecule has 0 aliphatic carbocycles. The van der Waals surface area contributed by atoms with Crippen molar-refractivity contribution in [3.63, 3.8) is 0 Å². The molecule has 0 saturated carbocycles. The number of likely N-dealkylation sites (tertiary alicyclic amines) is 1. The second kappa shape index (κ2) is 9.40. The van der Waals surface area contributed by atoms with Crippen molar-refractivity contribution in [2.45, 2.75) is 32.0 Å². The van der Waals surface area contributed by atoms with E-state index in [1.54, 1.807) is 19.6 Å². The molecular formula is C19H28N4O4S. The molecule has 2 heterocycles. The largest absolute Gasteiger partial charge is 0.493 e. The van der Waals surface area contributed by atoms with Crippen LogP contribution in [0.4, 0.5) is 0 Å². The smallest absolute Gasteiger partial charge is 0.208 e. The summed E-state index contributed by atoms with van der Waals surface area (Å²) in [5.74, 6) is 1.48. The molecule has 0 radical (unpaired) electrons. The number of benzene rings is 1. The fourth-order valence-corrected chi connectivity index (χ4v) is 4.28. The minimum atomic E-state index is -3.16. The second-order valence-electron chi connectivity index (χ2n) is 7.04. The van der Waals surface area contributed by atoms with E-state index in [-0.39, 0.29) is 6.04 Å². The van der Waals surface area contributed by atoms with E-state index < -0.39 is 10.0 Å². The summed E-state index contributed by atoms with van der Waals surface area (Å²) in [6.45, 7) is 3.63. The van der Waals surface area contributed by atoms with Crippen LogP contribution < -0.4 is 14.2 Å². The summed E-state index contributed by atoms with van der Waals surface area (Å²) >= 11 is 0. The normalized spacial score (nSPS) is 16.2. The Balaban J connectivity index is 1.60. The molecule has 8 nitrogen and oxygen atoms in total. The molecule has 0 spiro atoms. The third-order valence-electron chi connectivity index (χ3n) is 4.80. The maximum absolute atomic E-state index is 11.4. The minimum Gasteiger partial charge on any atom is -0.493 e. The summed E-state index contributed by atoms with van der Waals surface area (Å²) < 4.78 is 39.1. The van der Waals surface area contributed by atoms with Gasteiger partial charge in [0.25, 0.3) is 0 Å². The number of para-hydroxylation sites is 1. The SMILES string of the molecule is COc1cccc(CN2CCC(NS(C)(=O)=O)CC2)c1OCCn1ccnc1. The van der Waals surface area contributed by atoms with E-state index >= 15 is 0 Å². The van der Waals surface area contributed by atoms with Crippen LogP contribution in [-0.2, 0) is 23.1 Å². The number of piperidine rings is 1. The van der Waals surface area contributed by atoms with Crippen molar-refractivity contribution in [2.24, 2.45) is 0 Å². The average molecular weight is 409 g/mol. The van der Waals surface area contributed by atoms with Crippen molar-refractivity contribution in [2.75, 3.05) is 33.1 Å². The topological polar surface area (TPSA) is 85.7 Å². The highest BCUT2D eigenvalue weighted by molar-refractivity contribution is 7.88. The number of aromatic nitrogens is 2. The van der Waals surface area contributed by atoms with Crippen molar-refractivity contribution < 1.29 is 17.9 Å². The lowest BCUT2D eigenvalue weighted by molar-refractivity contribution is 0.195. The van der Waals surface area contributed by atoms with Crippen LogP contribution in [0, 0.1) is 0 Å². The third kappa shape index (κ3) is 5.95. The number of nitrogens with one attached hydrogen (secondary N) is 1. The molecular weight excluding hydrogens is 380 g/mol. The maximum atomic E-state index is 11.4. The monoisotopic (exact) mass is 408 g/mol. The summed E-state index contributed by atoms with van der Waals surface area (Å²) in [5, 5.41) is 0. The molecule has 28 heavy (non-hydrogen) atoms. The van der Waals surface area contributed by atoms with Crippen LogP contribution >= 0.6 is 0 Å². The van der Waals surface area contributed by atoms with Gasteiger partial charge in [0.05, 0.1) is 26.2 Å². The van der Waals surface area contributed by atoms with Crippen molar-refractivity contribution in [1.29, 1.82) is 0 Å². The lowest BCUT2D eigenvalue weighted by Crippen LogP contribution is -2.44. The molecule has 1 aliphatic heterocycles. The molecule has 1 N–H and O–H groups in total. The van der Waals surface area contributed by atoms with Crippen LogP contribution in [0.3, 0.4) is 0 Å². The second-order valence-corrected chi connectivity index (χ2v) is 8.82. The number of hydrogen-bond donors (Lipinski definition) is 1. The highest BCUT2D eigenvalue weighted by Gasteiger charge is 2.23. The van der Waals surface area contributed by atoms with E-state index in [1.165, 1.54) is 6.26 Å². The third-order valence-corrected chi connectivity index (χ3v) is 5.56. The number of imidazole rings is 1. The van der Waals surface area contributed by atoms with E-state index in [2.05, 4.69) is 20.7 Å². The molecule has 1 fully saturated rings. The summed E-state index contributed by atoms with van der Waals surface area (Å²) in [7, 11) is -1.51. The molecule has 2 aromatic rings. The first-order chi connectivity index (χ1) is 13.4. The van der Waals surface area contributed by atoms with Gasteiger partial charge in [-0.3, -0.25) is 4.90 Å². The highest BCUT2D eigenvalue weighted by atomic mass is 32.2. The van der Waals surface area contributed by atoms with Crippen LogP contribution in [-0.4, -0.2) is 62.0 Å². The predicted octanol–water partition coefficient (Wildman–Crippen LogP) is 1.48. The number of sulfonamides is 1. The molecule has 0 atom stereocenters. The van der Waals surface area contributed by atoms with E-state index in [9.17, 15) is 8.42 Å². The first-order valence-corrected chi connectivity index (χ1v) is 11.3. The zero-order chi connectivity index (χ0) is 20.0. The van der Waals surface area contributed by atoms with Gasteiger partial charge in [-0.15, -0.1) is 0 Å². The van der Waals surface area contributed by atoms with Crippen LogP contribution in [0.5, 0.6) is 11.5 Å². The van der Waals surface area contributed by atoms with Gasteiger partial charge in [-0.2, -0.15) is 0 Å². The van der Waals surface area contributed by atoms with Gasteiger partial charge in [0.2, 0.25) is 10.0 Å². The molecule has 3 rings (SSSR count). The fourth-order valence-electron chi connectivity index (χ4n) is 3.44. The zero-order valence-electron chi connectivity index (χ0n) is 16.4. The van der Waals surface area contributed by atoms with Gasteiger partial charge in [0.15, 0.2) is 11.5 Å². The molecule has 9 heteroatoms. The van der Waals surface area contributed by atoms with E-state index in [1.807, 2.05) is 22.9 Å². The van der Waals surface area contributed by atoms with E-state index in [4.69, 9.17) is 9.47 Å². The molecule has 0 amide bonds. The van der Waals surface area contributed by atoms with Gasteiger partial charge in [-0.05, 0) is 18.9 Å². The van der Waals surface area contributed by atoms with E-state index in [0.29, 0.717) is 13.2 Å². The summed E-state index contributed by atoms with van der Waals surface area (Å²) in [5.41, 5.74) is 1.07. The average Bonchev–Trinajstić information content (AvgIpc) is 3.16. The van der Waals surface area contributed by atoms with Crippen LogP contribution in [0.25, 0.3) is 0 Å². The van der Waals surface area contributed by atoms with Crippen LogP contribution in [0.1, 0.15) is 18.4 Å². The lowest BCUT2D eigenvalue weighted by atomic mass is 10.0. The summed E-state index contributed by atoms with van der Waals surface area (Å²) in [6, 6.07) is 5.94. The minimum absolute atomic E-state index is 0.0162. The van der Waals surface area contributed by atoms with Gasteiger partial charge >= 0.3 is 0 Å². The van der Waals surface area contributed by atoms with Gasteiger partial charge in [0.1, 0.15) is 6.61 Å². The fraction of sp³-hybridized carbons (Fsp3) is 0.526. The Bertz CT molecular complexity index is 847. The Morgan fingerprint density at radius 1 is 1.29 bits per heavy atom. The summed E-state index contributed by atoms with van der Waals surface area (Å²) in [6.07, 6.45) is 8.23. The van der Waals surface area contributed by atoms with Gasteiger partial charge in [-0.25, -0.2) is 18.1 Å².